The lowest BCUT2D eigenvalue weighted by Gasteiger charge is -2.29. The second kappa shape index (κ2) is 13.5. The van der Waals surface area contributed by atoms with Crippen LogP contribution >= 0.6 is 11.6 Å². The van der Waals surface area contributed by atoms with Gasteiger partial charge in [-0.3, -0.25) is 15.0 Å². The van der Waals surface area contributed by atoms with Crippen molar-refractivity contribution < 1.29 is 22.8 Å². The molecular formula is C31H28ClF3N2O3. The number of rotatable bonds is 12. The van der Waals surface area contributed by atoms with Crippen LogP contribution < -0.4 is 4.74 Å². The van der Waals surface area contributed by atoms with Gasteiger partial charge in [0.2, 0.25) is 0 Å². The summed E-state index contributed by atoms with van der Waals surface area (Å²) in [6.45, 7) is 1.50. The predicted octanol–water partition coefficient (Wildman–Crippen LogP) is 8.37. The lowest BCUT2D eigenvalue weighted by molar-refractivity contribution is -0.384. The number of halogens is 4. The van der Waals surface area contributed by atoms with E-state index in [1.165, 1.54) is 18.2 Å². The van der Waals surface area contributed by atoms with Crippen LogP contribution in [0.2, 0.25) is 5.02 Å². The quantitative estimate of drug-likeness (QED) is 0.0978. The van der Waals surface area contributed by atoms with E-state index in [4.69, 9.17) is 16.3 Å². The first-order valence-electron chi connectivity index (χ1n) is 12.8. The topological polar surface area (TPSA) is 55.6 Å². The Morgan fingerprint density at radius 2 is 1.50 bits per heavy atom. The van der Waals surface area contributed by atoms with E-state index in [9.17, 15) is 23.3 Å². The van der Waals surface area contributed by atoms with Gasteiger partial charge in [0.15, 0.2) is 0 Å². The molecule has 208 valence electrons. The minimum Gasteiger partial charge on any atom is -0.493 e. The molecule has 4 rings (SSSR count). The molecule has 0 aliphatic carbocycles. The first-order chi connectivity index (χ1) is 19.2. The van der Waals surface area contributed by atoms with E-state index in [0.29, 0.717) is 30.8 Å². The third-order valence-electron chi connectivity index (χ3n) is 6.54. The first kappa shape index (κ1) is 29.1. The van der Waals surface area contributed by atoms with Gasteiger partial charge in [0, 0.05) is 31.6 Å². The molecule has 0 aliphatic rings. The average molecular weight is 569 g/mol. The van der Waals surface area contributed by atoms with E-state index >= 15 is 0 Å². The number of benzene rings is 4. The Kier molecular flexibility index (Phi) is 9.79. The summed E-state index contributed by atoms with van der Waals surface area (Å²) in [6, 6.07) is 29.8. The minimum atomic E-state index is -4.55. The Bertz CT molecular complexity index is 1360. The van der Waals surface area contributed by atoms with Crippen LogP contribution in [0.1, 0.15) is 34.6 Å². The summed E-state index contributed by atoms with van der Waals surface area (Å²) in [7, 11) is 0. The number of nitro benzene ring substituents is 1. The Hall–Kier alpha value is -3.88. The molecule has 0 amide bonds. The van der Waals surface area contributed by atoms with E-state index in [-0.39, 0.29) is 29.8 Å². The largest absolute Gasteiger partial charge is 0.493 e. The van der Waals surface area contributed by atoms with Crippen molar-refractivity contribution in [1.29, 1.82) is 0 Å². The van der Waals surface area contributed by atoms with Gasteiger partial charge in [-0.25, -0.2) is 0 Å². The van der Waals surface area contributed by atoms with E-state index in [2.05, 4.69) is 4.90 Å². The second-order valence-corrected chi connectivity index (χ2v) is 9.72. The summed E-state index contributed by atoms with van der Waals surface area (Å²) in [6.07, 6.45) is -4.02. The van der Waals surface area contributed by atoms with Gasteiger partial charge in [-0.1, -0.05) is 90.5 Å². The third-order valence-corrected chi connectivity index (χ3v) is 6.98. The molecule has 0 saturated carbocycles. The zero-order valence-electron chi connectivity index (χ0n) is 21.6. The van der Waals surface area contributed by atoms with Gasteiger partial charge in [-0.2, -0.15) is 13.2 Å². The van der Waals surface area contributed by atoms with Crippen molar-refractivity contribution in [1.82, 2.24) is 4.90 Å². The fourth-order valence-electron chi connectivity index (χ4n) is 4.59. The number of non-ortho nitro benzene ring substituents is 1. The molecule has 40 heavy (non-hydrogen) atoms. The Morgan fingerprint density at radius 1 is 0.875 bits per heavy atom. The molecule has 0 fully saturated rings. The highest BCUT2D eigenvalue weighted by Crippen LogP contribution is 2.37. The number of hydrogen-bond donors (Lipinski definition) is 0. The summed E-state index contributed by atoms with van der Waals surface area (Å²) in [5.41, 5.74) is 1.63. The van der Waals surface area contributed by atoms with Crippen molar-refractivity contribution in [2.24, 2.45) is 0 Å². The van der Waals surface area contributed by atoms with Crippen molar-refractivity contribution in [2.45, 2.75) is 25.1 Å². The fraction of sp³-hybridized carbons (Fsp3) is 0.226. The van der Waals surface area contributed by atoms with Crippen LogP contribution in [0.5, 0.6) is 5.75 Å². The average Bonchev–Trinajstić information content (AvgIpc) is 2.95. The number of hydrogen-bond acceptors (Lipinski definition) is 4. The van der Waals surface area contributed by atoms with Crippen LogP contribution in [-0.4, -0.2) is 29.5 Å². The lowest BCUT2D eigenvalue weighted by atomic mass is 9.90. The summed E-state index contributed by atoms with van der Waals surface area (Å²) < 4.78 is 46.4. The number of ether oxygens (including phenoxy) is 1. The number of alkyl halides is 3. The van der Waals surface area contributed by atoms with Gasteiger partial charge < -0.3 is 4.74 Å². The van der Waals surface area contributed by atoms with Crippen LogP contribution in [0, 0.1) is 10.1 Å². The summed E-state index contributed by atoms with van der Waals surface area (Å²) >= 11 is 6.26. The molecule has 0 atom stereocenters. The van der Waals surface area contributed by atoms with Gasteiger partial charge in [0.05, 0.1) is 28.2 Å². The van der Waals surface area contributed by atoms with Crippen molar-refractivity contribution in [3.8, 4) is 5.75 Å². The molecule has 0 N–H and O–H groups in total. The van der Waals surface area contributed by atoms with Crippen LogP contribution in [0.3, 0.4) is 0 Å². The third kappa shape index (κ3) is 7.83. The number of nitro groups is 1. The van der Waals surface area contributed by atoms with E-state index in [0.717, 1.165) is 17.2 Å². The van der Waals surface area contributed by atoms with Crippen molar-refractivity contribution in [3.05, 3.63) is 141 Å². The maximum Gasteiger partial charge on any atom is 0.417 e. The SMILES string of the molecule is O=[N+]([O-])c1cccc(OCCCN(Cc2cccc(C(F)(F)F)c2Cl)CC(c2ccccc2)c2ccccc2)c1. The standard InChI is InChI=1S/C31H28ClF3N2O3/c32-30-25(14-7-17-29(30)31(33,34)35)21-36(18-9-19-40-27-16-8-15-26(20-27)37(38)39)22-28(23-10-3-1-4-11-23)24-12-5-2-6-13-24/h1-8,10-17,20,28H,9,18-19,21-22H2. The highest BCUT2D eigenvalue weighted by atomic mass is 35.5. The predicted molar refractivity (Wildman–Crippen MR) is 150 cm³/mol. The monoisotopic (exact) mass is 568 g/mol. The van der Waals surface area contributed by atoms with Crippen molar-refractivity contribution in [3.63, 3.8) is 0 Å². The minimum absolute atomic E-state index is 0.0373. The molecule has 0 aliphatic heterocycles. The van der Waals surface area contributed by atoms with E-state index in [1.807, 2.05) is 60.7 Å². The second-order valence-electron chi connectivity index (χ2n) is 9.34. The normalized spacial score (nSPS) is 11.7. The van der Waals surface area contributed by atoms with Crippen LogP contribution in [0.25, 0.3) is 0 Å². The first-order valence-corrected chi connectivity index (χ1v) is 13.1. The fourth-order valence-corrected chi connectivity index (χ4v) is 4.89. The Labute approximate surface area is 235 Å². The molecule has 0 heterocycles. The van der Waals surface area contributed by atoms with Crippen LogP contribution in [-0.2, 0) is 12.7 Å². The molecule has 5 nitrogen and oxygen atoms in total. The Morgan fingerprint density at radius 3 is 2.10 bits per heavy atom. The molecule has 0 aromatic heterocycles. The maximum absolute atomic E-state index is 13.6. The highest BCUT2D eigenvalue weighted by Gasteiger charge is 2.34. The lowest BCUT2D eigenvalue weighted by Crippen LogP contribution is -2.31. The smallest absolute Gasteiger partial charge is 0.417 e. The molecule has 0 unspecified atom stereocenters. The van der Waals surface area contributed by atoms with Crippen molar-refractivity contribution >= 4 is 17.3 Å². The molecule has 0 bridgehead atoms. The summed E-state index contributed by atoms with van der Waals surface area (Å²) in [5.74, 6) is 0.345. The van der Waals surface area contributed by atoms with Gasteiger partial charge in [-0.05, 0) is 35.2 Å². The highest BCUT2D eigenvalue weighted by molar-refractivity contribution is 6.32. The Balaban J connectivity index is 1.56. The molecule has 9 heteroatoms. The molecule has 0 radical (unpaired) electrons. The zero-order chi connectivity index (χ0) is 28.5. The number of nitrogens with zero attached hydrogens (tertiary/aromatic N) is 2. The zero-order valence-corrected chi connectivity index (χ0v) is 22.3. The summed E-state index contributed by atoms with van der Waals surface area (Å²) in [5, 5.41) is 10.8. The molecule has 0 saturated heterocycles. The molecule has 4 aromatic carbocycles. The van der Waals surface area contributed by atoms with Gasteiger partial charge in [0.25, 0.3) is 5.69 Å². The maximum atomic E-state index is 13.6. The van der Waals surface area contributed by atoms with Gasteiger partial charge in [0.1, 0.15) is 5.75 Å². The van der Waals surface area contributed by atoms with E-state index in [1.54, 1.807) is 18.2 Å². The molecule has 4 aromatic rings. The van der Waals surface area contributed by atoms with Gasteiger partial charge >= 0.3 is 6.18 Å². The van der Waals surface area contributed by atoms with E-state index < -0.39 is 16.7 Å². The van der Waals surface area contributed by atoms with Crippen LogP contribution in [0.15, 0.2) is 103 Å². The molecular weight excluding hydrogens is 541 g/mol. The van der Waals surface area contributed by atoms with Gasteiger partial charge in [-0.15, -0.1) is 0 Å². The molecule has 0 spiro atoms. The summed E-state index contributed by atoms with van der Waals surface area (Å²) in [4.78, 5) is 12.6. The van der Waals surface area contributed by atoms with Crippen LogP contribution in [0.4, 0.5) is 18.9 Å². The van der Waals surface area contributed by atoms with Crippen molar-refractivity contribution in [2.75, 3.05) is 19.7 Å².